The minimum Gasteiger partial charge on any atom is -0.455 e. The first-order valence-corrected chi connectivity index (χ1v) is 9.69. The molecule has 32 heavy (non-hydrogen) atoms. The molecule has 0 saturated heterocycles. The number of benzene rings is 2. The number of nitro benzene ring substituents is 2. The minimum absolute atomic E-state index is 0.0881. The summed E-state index contributed by atoms with van der Waals surface area (Å²) in [4.78, 5) is 48.4. The van der Waals surface area contributed by atoms with E-state index in [0.29, 0.717) is 11.3 Å². The van der Waals surface area contributed by atoms with Gasteiger partial charge in [0.2, 0.25) is 0 Å². The summed E-state index contributed by atoms with van der Waals surface area (Å²) in [7, 11) is 0. The lowest BCUT2D eigenvalue weighted by molar-refractivity contribution is -0.394. The van der Waals surface area contributed by atoms with E-state index < -0.39 is 51.9 Å². The summed E-state index contributed by atoms with van der Waals surface area (Å²) in [5, 5.41) is 26.2. The van der Waals surface area contributed by atoms with Crippen LogP contribution in [0, 0.1) is 26.0 Å². The fourth-order valence-corrected chi connectivity index (χ4v) is 3.31. The van der Waals surface area contributed by atoms with Crippen molar-refractivity contribution >= 4 is 39.7 Å². The lowest BCUT2D eigenvalue weighted by Crippen LogP contribution is -2.21. The lowest BCUT2D eigenvalue weighted by atomic mass is 10.1. The van der Waals surface area contributed by atoms with E-state index in [-0.39, 0.29) is 10.7 Å². The maximum atomic E-state index is 13.0. The van der Waals surface area contributed by atoms with Crippen LogP contribution < -0.4 is 5.32 Å². The molecule has 1 amide bonds. The molecule has 0 saturated carbocycles. The molecule has 1 heterocycles. The topological polar surface area (TPSA) is 155 Å². The molecule has 0 unspecified atom stereocenters. The Labute approximate surface area is 182 Å². The first kappa shape index (κ1) is 22.4. The zero-order valence-corrected chi connectivity index (χ0v) is 16.8. The van der Waals surface area contributed by atoms with E-state index in [4.69, 9.17) is 4.74 Å². The normalized spacial score (nSPS) is 10.4. The number of amides is 1. The smallest absolute Gasteiger partial charge is 0.311 e. The number of nitro groups is 2. The van der Waals surface area contributed by atoms with Crippen LogP contribution in [0.1, 0.15) is 5.56 Å². The monoisotopic (exact) mass is 460 g/mol. The van der Waals surface area contributed by atoms with E-state index in [2.05, 4.69) is 10.3 Å². The van der Waals surface area contributed by atoms with E-state index in [1.165, 1.54) is 24.3 Å². The summed E-state index contributed by atoms with van der Waals surface area (Å²) in [6.07, 6.45) is -0.548. The highest BCUT2D eigenvalue weighted by atomic mass is 32.1. The quantitative estimate of drug-likeness (QED) is 0.304. The van der Waals surface area contributed by atoms with E-state index in [9.17, 15) is 34.2 Å². The Morgan fingerprint density at radius 1 is 1.09 bits per heavy atom. The molecular formula is C19H13FN4O7S. The van der Waals surface area contributed by atoms with E-state index in [0.717, 1.165) is 29.5 Å². The zero-order valence-electron chi connectivity index (χ0n) is 16.0. The molecule has 0 atom stereocenters. The second-order valence-corrected chi connectivity index (χ2v) is 7.12. The number of thiazole rings is 1. The number of halogens is 1. The van der Waals surface area contributed by atoms with E-state index >= 15 is 0 Å². The van der Waals surface area contributed by atoms with Crippen molar-refractivity contribution in [3.63, 3.8) is 0 Å². The standard InChI is InChI=1S/C19H13FN4O7S/c20-13-4-1-11(2-5-13)15-10-32-19(21-15)22-17(25)9-31-18(26)7-12-3-6-14(23(27)28)8-16(12)24(29)30/h1-6,8,10H,7,9H2,(H,21,22,25). The molecule has 3 rings (SSSR count). The number of esters is 1. The second kappa shape index (κ2) is 9.70. The molecular weight excluding hydrogens is 447 g/mol. The fourth-order valence-electron chi connectivity index (χ4n) is 2.58. The molecule has 1 aromatic heterocycles. The van der Waals surface area contributed by atoms with Gasteiger partial charge in [0.25, 0.3) is 17.3 Å². The number of aromatic nitrogens is 1. The third-order valence-electron chi connectivity index (χ3n) is 4.07. The van der Waals surface area contributed by atoms with Gasteiger partial charge in [-0.05, 0) is 30.3 Å². The predicted molar refractivity (Wildman–Crippen MR) is 111 cm³/mol. The molecule has 2 aromatic carbocycles. The van der Waals surface area contributed by atoms with Crippen LogP contribution >= 0.6 is 11.3 Å². The predicted octanol–water partition coefficient (Wildman–Crippen LogP) is 3.49. The molecule has 0 bridgehead atoms. The third-order valence-corrected chi connectivity index (χ3v) is 4.82. The Morgan fingerprint density at radius 3 is 2.47 bits per heavy atom. The van der Waals surface area contributed by atoms with Crippen LogP contribution in [0.15, 0.2) is 47.8 Å². The highest BCUT2D eigenvalue weighted by Gasteiger charge is 2.22. The van der Waals surface area contributed by atoms with Crippen LogP contribution in [0.2, 0.25) is 0 Å². The number of carbonyl (C=O) groups excluding carboxylic acids is 2. The molecule has 3 aromatic rings. The van der Waals surface area contributed by atoms with Crippen molar-refractivity contribution in [1.29, 1.82) is 0 Å². The van der Waals surface area contributed by atoms with Crippen molar-refractivity contribution in [2.75, 3.05) is 11.9 Å². The van der Waals surface area contributed by atoms with Gasteiger partial charge in [0.1, 0.15) is 5.82 Å². The molecule has 0 spiro atoms. The number of nitrogens with zero attached hydrogens (tertiary/aromatic N) is 3. The highest BCUT2D eigenvalue weighted by Crippen LogP contribution is 2.26. The summed E-state index contributed by atoms with van der Waals surface area (Å²) < 4.78 is 17.8. The summed E-state index contributed by atoms with van der Waals surface area (Å²) in [5.41, 5.74) is -0.00438. The van der Waals surface area contributed by atoms with Crippen LogP contribution in [0.25, 0.3) is 11.3 Å². The highest BCUT2D eigenvalue weighted by molar-refractivity contribution is 7.14. The average Bonchev–Trinajstić information content (AvgIpc) is 3.21. The fraction of sp³-hybridized carbons (Fsp3) is 0.105. The van der Waals surface area contributed by atoms with Crippen LogP contribution in [-0.2, 0) is 20.7 Å². The molecule has 164 valence electrons. The van der Waals surface area contributed by atoms with Gasteiger partial charge < -0.3 is 4.74 Å². The molecule has 0 fully saturated rings. The minimum atomic E-state index is -0.928. The number of rotatable bonds is 8. The number of non-ortho nitro benzene ring substituents is 1. The van der Waals surface area contributed by atoms with E-state index in [1.807, 2.05) is 0 Å². The van der Waals surface area contributed by atoms with Crippen LogP contribution in [0.5, 0.6) is 0 Å². The van der Waals surface area contributed by atoms with Crippen molar-refractivity contribution < 1.29 is 28.6 Å². The van der Waals surface area contributed by atoms with Gasteiger partial charge in [-0.2, -0.15) is 0 Å². The van der Waals surface area contributed by atoms with Gasteiger partial charge in [-0.3, -0.25) is 35.1 Å². The number of nitrogens with one attached hydrogen (secondary N) is 1. The number of carbonyl (C=O) groups is 2. The van der Waals surface area contributed by atoms with Gasteiger partial charge in [0, 0.05) is 22.6 Å². The van der Waals surface area contributed by atoms with E-state index in [1.54, 1.807) is 5.38 Å². The second-order valence-electron chi connectivity index (χ2n) is 6.26. The number of anilines is 1. The molecule has 13 heteroatoms. The number of hydrogen-bond donors (Lipinski definition) is 1. The Balaban J connectivity index is 1.55. The number of ether oxygens (including phenoxy) is 1. The average molecular weight is 460 g/mol. The van der Waals surface area contributed by atoms with Gasteiger partial charge in [-0.15, -0.1) is 11.3 Å². The molecule has 0 aliphatic carbocycles. The largest absolute Gasteiger partial charge is 0.455 e. The summed E-state index contributed by atoms with van der Waals surface area (Å²) in [6, 6.07) is 8.50. The summed E-state index contributed by atoms with van der Waals surface area (Å²) in [6.45, 7) is -0.662. The SMILES string of the molecule is O=C(COC(=O)Cc1ccc([N+](=O)[O-])cc1[N+](=O)[O-])Nc1nc(-c2ccc(F)cc2)cs1. The Hall–Kier alpha value is -4.26. The van der Waals surface area contributed by atoms with Crippen molar-refractivity contribution in [2.45, 2.75) is 6.42 Å². The van der Waals surface area contributed by atoms with Crippen molar-refractivity contribution in [1.82, 2.24) is 4.98 Å². The molecule has 0 aliphatic heterocycles. The van der Waals surface area contributed by atoms with Crippen LogP contribution in [-0.4, -0.2) is 33.3 Å². The Bertz CT molecular complexity index is 1200. The van der Waals surface area contributed by atoms with Crippen molar-refractivity contribution in [3.05, 3.63) is 79.5 Å². The van der Waals surface area contributed by atoms with Gasteiger partial charge in [0.05, 0.1) is 28.0 Å². The lowest BCUT2D eigenvalue weighted by Gasteiger charge is -2.05. The van der Waals surface area contributed by atoms with Crippen LogP contribution in [0.3, 0.4) is 0 Å². The van der Waals surface area contributed by atoms with Gasteiger partial charge in [-0.25, -0.2) is 9.37 Å². The first-order chi connectivity index (χ1) is 15.2. The molecule has 0 aliphatic rings. The Morgan fingerprint density at radius 2 is 1.81 bits per heavy atom. The maximum Gasteiger partial charge on any atom is 0.311 e. The zero-order chi connectivity index (χ0) is 23.3. The summed E-state index contributed by atoms with van der Waals surface area (Å²) >= 11 is 1.12. The first-order valence-electron chi connectivity index (χ1n) is 8.81. The summed E-state index contributed by atoms with van der Waals surface area (Å²) in [5.74, 6) is -2.00. The maximum absolute atomic E-state index is 13.0. The van der Waals surface area contributed by atoms with Gasteiger partial charge >= 0.3 is 5.97 Å². The third kappa shape index (κ3) is 5.66. The molecule has 1 N–H and O–H groups in total. The molecule has 0 radical (unpaired) electrons. The van der Waals surface area contributed by atoms with Crippen LogP contribution in [0.4, 0.5) is 20.9 Å². The van der Waals surface area contributed by atoms with Crippen molar-refractivity contribution in [3.8, 4) is 11.3 Å². The van der Waals surface area contributed by atoms with Gasteiger partial charge in [0.15, 0.2) is 11.7 Å². The van der Waals surface area contributed by atoms with Gasteiger partial charge in [-0.1, -0.05) is 0 Å². The van der Waals surface area contributed by atoms with Crippen molar-refractivity contribution in [2.24, 2.45) is 0 Å². The number of hydrogen-bond acceptors (Lipinski definition) is 9. The Kier molecular flexibility index (Phi) is 6.80. The molecule has 11 nitrogen and oxygen atoms in total.